The summed E-state index contributed by atoms with van der Waals surface area (Å²) in [6.07, 6.45) is 6.22. The second-order valence-electron chi connectivity index (χ2n) is 7.17. The standard InChI is InChI=1S/C22H22O4/c1-25-19(23)21-12-5-6-13-22(21,20(24)26-2)18-16(11-14-21)10-9-15-7-3-4-8-17(15)18/h3-10H,11-14H2,1-2H3/t21-,22+/m1/s1. The molecule has 4 nitrogen and oxygen atoms in total. The summed E-state index contributed by atoms with van der Waals surface area (Å²) < 4.78 is 10.5. The third kappa shape index (κ3) is 1.96. The highest BCUT2D eigenvalue weighted by molar-refractivity contribution is 6.00. The van der Waals surface area contributed by atoms with E-state index in [1.54, 1.807) is 0 Å². The Labute approximate surface area is 152 Å². The number of carbonyl (C=O) groups is 2. The first-order chi connectivity index (χ1) is 12.6. The Kier molecular flexibility index (Phi) is 3.87. The first-order valence-corrected chi connectivity index (χ1v) is 8.94. The normalized spacial score (nSPS) is 26.7. The number of hydrogen-bond donors (Lipinski definition) is 0. The molecule has 2 aliphatic carbocycles. The van der Waals surface area contributed by atoms with Crippen molar-refractivity contribution < 1.29 is 19.1 Å². The lowest BCUT2D eigenvalue weighted by Crippen LogP contribution is -2.59. The van der Waals surface area contributed by atoms with E-state index < -0.39 is 10.8 Å². The Morgan fingerprint density at radius 3 is 2.42 bits per heavy atom. The molecule has 2 atom stereocenters. The highest BCUT2D eigenvalue weighted by atomic mass is 16.5. The lowest BCUT2D eigenvalue weighted by molar-refractivity contribution is -0.172. The molecule has 0 saturated carbocycles. The molecule has 2 aliphatic rings. The zero-order valence-electron chi connectivity index (χ0n) is 15.1. The van der Waals surface area contributed by atoms with Crippen LogP contribution < -0.4 is 0 Å². The maximum atomic E-state index is 13.3. The van der Waals surface area contributed by atoms with Gasteiger partial charge >= 0.3 is 11.9 Å². The van der Waals surface area contributed by atoms with E-state index in [0.29, 0.717) is 19.3 Å². The van der Waals surface area contributed by atoms with Crippen LogP contribution in [0.1, 0.15) is 30.4 Å². The van der Waals surface area contributed by atoms with Crippen LogP contribution in [-0.2, 0) is 30.9 Å². The molecule has 0 bridgehead atoms. The number of rotatable bonds is 2. The highest BCUT2D eigenvalue weighted by Crippen LogP contribution is 2.59. The van der Waals surface area contributed by atoms with E-state index >= 15 is 0 Å². The van der Waals surface area contributed by atoms with Crippen LogP contribution in [0.3, 0.4) is 0 Å². The molecule has 26 heavy (non-hydrogen) atoms. The molecule has 0 N–H and O–H groups in total. The molecule has 0 aliphatic heterocycles. The number of hydrogen-bond acceptors (Lipinski definition) is 4. The van der Waals surface area contributed by atoms with Crippen LogP contribution in [0, 0.1) is 5.41 Å². The van der Waals surface area contributed by atoms with E-state index in [2.05, 4.69) is 12.1 Å². The van der Waals surface area contributed by atoms with Gasteiger partial charge in [0, 0.05) is 0 Å². The van der Waals surface area contributed by atoms with Gasteiger partial charge in [-0.1, -0.05) is 48.6 Å². The molecule has 4 heteroatoms. The Balaban J connectivity index is 2.14. The second-order valence-corrected chi connectivity index (χ2v) is 7.17. The molecule has 0 aromatic heterocycles. The number of fused-ring (bicyclic) bond motifs is 5. The summed E-state index contributed by atoms with van der Waals surface area (Å²) in [5.74, 6) is -0.685. The van der Waals surface area contributed by atoms with Crippen molar-refractivity contribution in [2.45, 2.75) is 31.1 Å². The van der Waals surface area contributed by atoms with Crippen LogP contribution in [0.2, 0.25) is 0 Å². The molecule has 0 spiro atoms. The van der Waals surface area contributed by atoms with Crippen LogP contribution in [0.5, 0.6) is 0 Å². The third-order valence-electron chi connectivity index (χ3n) is 6.25. The molecule has 134 valence electrons. The van der Waals surface area contributed by atoms with Gasteiger partial charge in [-0.15, -0.1) is 0 Å². The first-order valence-electron chi connectivity index (χ1n) is 8.94. The van der Waals surface area contributed by atoms with E-state index in [1.165, 1.54) is 14.2 Å². The van der Waals surface area contributed by atoms with Gasteiger partial charge in [-0.05, 0) is 47.6 Å². The van der Waals surface area contributed by atoms with Gasteiger partial charge in [-0.2, -0.15) is 0 Å². The van der Waals surface area contributed by atoms with Crippen LogP contribution >= 0.6 is 0 Å². The Morgan fingerprint density at radius 1 is 0.923 bits per heavy atom. The van der Waals surface area contributed by atoms with Gasteiger partial charge in [0.25, 0.3) is 0 Å². The van der Waals surface area contributed by atoms with Crippen LogP contribution in [0.25, 0.3) is 10.8 Å². The van der Waals surface area contributed by atoms with Crippen molar-refractivity contribution >= 4 is 22.7 Å². The van der Waals surface area contributed by atoms with Gasteiger partial charge in [0.1, 0.15) is 5.41 Å². The van der Waals surface area contributed by atoms with Gasteiger partial charge in [-0.25, -0.2) is 0 Å². The predicted octanol–water partition coefficient (Wildman–Crippen LogP) is 3.71. The number of benzene rings is 2. The van der Waals surface area contributed by atoms with Crippen LogP contribution in [0.15, 0.2) is 48.6 Å². The van der Waals surface area contributed by atoms with E-state index in [4.69, 9.17) is 9.47 Å². The minimum atomic E-state index is -1.06. The fourth-order valence-electron chi connectivity index (χ4n) is 5.06. The number of esters is 2. The molecular weight excluding hydrogens is 328 g/mol. The SMILES string of the molecule is COC(=O)[C@]12CC=CC[C@@]1(C(=O)OC)c1c(ccc3ccccc13)CC2. The van der Waals surface area contributed by atoms with E-state index in [1.807, 2.05) is 36.4 Å². The van der Waals surface area contributed by atoms with Crippen molar-refractivity contribution in [3.63, 3.8) is 0 Å². The molecule has 0 radical (unpaired) electrons. The van der Waals surface area contributed by atoms with Gasteiger partial charge in [0.05, 0.1) is 19.6 Å². The fraction of sp³-hybridized carbons (Fsp3) is 0.364. The Morgan fingerprint density at radius 2 is 1.65 bits per heavy atom. The maximum absolute atomic E-state index is 13.3. The van der Waals surface area contributed by atoms with Crippen molar-refractivity contribution in [2.75, 3.05) is 14.2 Å². The minimum Gasteiger partial charge on any atom is -0.469 e. The molecule has 0 heterocycles. The summed E-state index contributed by atoms with van der Waals surface area (Å²) in [5, 5.41) is 2.07. The molecular formula is C22H22O4. The summed E-state index contributed by atoms with van der Waals surface area (Å²) >= 11 is 0. The van der Waals surface area contributed by atoms with Gasteiger partial charge in [0.15, 0.2) is 0 Å². The number of ether oxygens (including phenoxy) is 2. The van der Waals surface area contributed by atoms with Gasteiger partial charge in [0.2, 0.25) is 0 Å². The average Bonchev–Trinajstić information content (AvgIpc) is 2.71. The Hall–Kier alpha value is -2.62. The zero-order chi connectivity index (χ0) is 18.4. The lowest BCUT2D eigenvalue weighted by atomic mass is 9.49. The van der Waals surface area contributed by atoms with Crippen LogP contribution in [0.4, 0.5) is 0 Å². The van der Waals surface area contributed by atoms with Crippen molar-refractivity contribution in [3.05, 3.63) is 59.7 Å². The molecule has 2 aromatic carbocycles. The first kappa shape index (κ1) is 16.8. The number of allylic oxidation sites excluding steroid dienone is 2. The summed E-state index contributed by atoms with van der Waals surface area (Å²) in [7, 11) is 2.80. The van der Waals surface area contributed by atoms with E-state index in [0.717, 1.165) is 28.3 Å². The minimum absolute atomic E-state index is 0.328. The largest absolute Gasteiger partial charge is 0.469 e. The summed E-state index contributed by atoms with van der Waals surface area (Å²) in [4.78, 5) is 26.3. The number of methoxy groups -OCH3 is 2. The Bertz CT molecular complexity index is 929. The van der Waals surface area contributed by atoms with Crippen molar-refractivity contribution in [1.82, 2.24) is 0 Å². The average molecular weight is 350 g/mol. The van der Waals surface area contributed by atoms with Crippen molar-refractivity contribution in [2.24, 2.45) is 5.41 Å². The summed E-state index contributed by atoms with van der Waals surface area (Å²) in [6.45, 7) is 0. The predicted molar refractivity (Wildman–Crippen MR) is 98.8 cm³/mol. The molecule has 0 saturated heterocycles. The number of aryl methyl sites for hydroxylation is 1. The van der Waals surface area contributed by atoms with E-state index in [9.17, 15) is 9.59 Å². The van der Waals surface area contributed by atoms with Gasteiger partial charge in [-0.3, -0.25) is 9.59 Å². The van der Waals surface area contributed by atoms with Gasteiger partial charge < -0.3 is 9.47 Å². The summed E-state index contributed by atoms with van der Waals surface area (Å²) in [5.41, 5.74) is 0.0612. The zero-order valence-corrected chi connectivity index (χ0v) is 15.1. The quantitative estimate of drug-likeness (QED) is 0.612. The topological polar surface area (TPSA) is 52.6 Å². The fourth-order valence-corrected chi connectivity index (χ4v) is 5.06. The molecule has 0 amide bonds. The van der Waals surface area contributed by atoms with Crippen molar-refractivity contribution in [3.8, 4) is 0 Å². The summed E-state index contributed by atoms with van der Waals surface area (Å²) in [6, 6.07) is 12.2. The van der Waals surface area contributed by atoms with Crippen LogP contribution in [-0.4, -0.2) is 26.2 Å². The maximum Gasteiger partial charge on any atom is 0.317 e. The number of carbonyl (C=O) groups excluding carboxylic acids is 2. The molecule has 0 fully saturated rings. The third-order valence-corrected chi connectivity index (χ3v) is 6.25. The lowest BCUT2D eigenvalue weighted by Gasteiger charge is -2.51. The van der Waals surface area contributed by atoms with E-state index in [-0.39, 0.29) is 11.9 Å². The molecule has 0 unspecified atom stereocenters. The van der Waals surface area contributed by atoms with Crippen molar-refractivity contribution in [1.29, 1.82) is 0 Å². The molecule has 4 rings (SSSR count). The second kappa shape index (κ2) is 5.97. The smallest absolute Gasteiger partial charge is 0.317 e. The highest BCUT2D eigenvalue weighted by Gasteiger charge is 2.65. The monoisotopic (exact) mass is 350 g/mol. The molecule has 2 aromatic rings.